The van der Waals surface area contributed by atoms with Crippen LogP contribution in [-0.4, -0.2) is 23.6 Å². The van der Waals surface area contributed by atoms with Crippen molar-refractivity contribution < 1.29 is 9.90 Å². The summed E-state index contributed by atoms with van der Waals surface area (Å²) in [7, 11) is 0. The summed E-state index contributed by atoms with van der Waals surface area (Å²) in [5.41, 5.74) is 7.83. The number of phenols is 1. The Morgan fingerprint density at radius 1 is 1.14 bits per heavy atom. The van der Waals surface area contributed by atoms with Crippen LogP contribution >= 0.6 is 0 Å². The third kappa shape index (κ3) is 3.83. The van der Waals surface area contributed by atoms with Crippen LogP contribution in [0.3, 0.4) is 0 Å². The highest BCUT2D eigenvalue weighted by molar-refractivity contribution is 5.97. The van der Waals surface area contributed by atoms with Gasteiger partial charge in [0.2, 0.25) is 5.91 Å². The van der Waals surface area contributed by atoms with E-state index in [9.17, 15) is 9.90 Å². The number of carbonyl (C=O) groups is 1. The molecule has 21 heavy (non-hydrogen) atoms. The van der Waals surface area contributed by atoms with Gasteiger partial charge in [0.05, 0.1) is 6.04 Å². The molecular formula is C17H20N2O2. The highest BCUT2D eigenvalue weighted by atomic mass is 16.3. The lowest BCUT2D eigenvalue weighted by molar-refractivity contribution is -0.119. The van der Waals surface area contributed by atoms with Crippen LogP contribution in [0, 0.1) is 0 Å². The van der Waals surface area contributed by atoms with Gasteiger partial charge in [-0.3, -0.25) is 4.79 Å². The molecule has 0 spiro atoms. The van der Waals surface area contributed by atoms with Gasteiger partial charge in [0.15, 0.2) is 0 Å². The maximum Gasteiger partial charge on any atom is 0.244 e. The molecule has 0 radical (unpaired) electrons. The van der Waals surface area contributed by atoms with E-state index in [0.29, 0.717) is 13.0 Å². The second kappa shape index (κ2) is 6.90. The first-order valence-corrected chi connectivity index (χ1v) is 7.01. The average molecular weight is 284 g/mol. The standard InChI is InChI=1S/C17H20N2O2/c1-2-19(14-6-4-3-5-7-14)17(21)16(18)12-13-8-10-15(20)11-9-13/h3-11,16,20H,2,12,18H2,1H3/t16-/m1/s1. The zero-order valence-electron chi connectivity index (χ0n) is 12.1. The molecule has 0 saturated heterocycles. The van der Waals surface area contributed by atoms with Gasteiger partial charge in [-0.1, -0.05) is 30.3 Å². The Hall–Kier alpha value is -2.33. The summed E-state index contributed by atoms with van der Waals surface area (Å²) in [6.07, 6.45) is 0.447. The molecule has 2 aromatic rings. The lowest BCUT2D eigenvalue weighted by Crippen LogP contribution is -2.45. The van der Waals surface area contributed by atoms with Crippen molar-refractivity contribution in [3.63, 3.8) is 0 Å². The van der Waals surface area contributed by atoms with Crippen molar-refractivity contribution in [2.75, 3.05) is 11.4 Å². The summed E-state index contributed by atoms with van der Waals surface area (Å²) >= 11 is 0. The van der Waals surface area contributed by atoms with Gasteiger partial charge >= 0.3 is 0 Å². The number of hydrogen-bond donors (Lipinski definition) is 2. The van der Waals surface area contributed by atoms with Gasteiger partial charge in [-0.15, -0.1) is 0 Å². The molecule has 3 N–H and O–H groups in total. The zero-order chi connectivity index (χ0) is 15.2. The molecule has 0 aliphatic carbocycles. The molecule has 4 heteroatoms. The smallest absolute Gasteiger partial charge is 0.244 e. The number of nitrogens with two attached hydrogens (primary N) is 1. The molecule has 0 aliphatic rings. The molecule has 2 aromatic carbocycles. The predicted molar refractivity (Wildman–Crippen MR) is 84.3 cm³/mol. The molecule has 1 amide bonds. The topological polar surface area (TPSA) is 66.6 Å². The SMILES string of the molecule is CCN(C(=O)[C@H](N)Cc1ccc(O)cc1)c1ccccc1. The Labute approximate surface area is 124 Å². The van der Waals surface area contributed by atoms with E-state index in [2.05, 4.69) is 0 Å². The Morgan fingerprint density at radius 3 is 2.33 bits per heavy atom. The monoisotopic (exact) mass is 284 g/mol. The van der Waals surface area contributed by atoms with Crippen LogP contribution < -0.4 is 10.6 Å². The van der Waals surface area contributed by atoms with Crippen molar-refractivity contribution in [2.24, 2.45) is 5.73 Å². The number of hydrogen-bond acceptors (Lipinski definition) is 3. The van der Waals surface area contributed by atoms with E-state index in [1.165, 1.54) is 0 Å². The van der Waals surface area contributed by atoms with Crippen LogP contribution in [0.4, 0.5) is 5.69 Å². The molecule has 2 rings (SSSR count). The number of carbonyl (C=O) groups excluding carboxylic acids is 1. The van der Waals surface area contributed by atoms with Crippen molar-refractivity contribution >= 4 is 11.6 Å². The number of likely N-dealkylation sites (N-methyl/N-ethyl adjacent to an activating group) is 1. The number of para-hydroxylation sites is 1. The Kier molecular flexibility index (Phi) is 4.95. The van der Waals surface area contributed by atoms with E-state index in [-0.39, 0.29) is 11.7 Å². The van der Waals surface area contributed by atoms with Crippen molar-refractivity contribution in [3.05, 3.63) is 60.2 Å². The largest absolute Gasteiger partial charge is 0.508 e. The van der Waals surface area contributed by atoms with E-state index >= 15 is 0 Å². The zero-order valence-corrected chi connectivity index (χ0v) is 12.1. The van der Waals surface area contributed by atoms with Gasteiger partial charge in [0.1, 0.15) is 5.75 Å². The molecular weight excluding hydrogens is 264 g/mol. The molecule has 0 aliphatic heterocycles. The van der Waals surface area contributed by atoms with E-state index in [1.807, 2.05) is 37.3 Å². The molecule has 0 unspecified atom stereocenters. The van der Waals surface area contributed by atoms with E-state index in [4.69, 9.17) is 5.73 Å². The summed E-state index contributed by atoms with van der Waals surface area (Å²) in [6.45, 7) is 2.50. The first-order chi connectivity index (χ1) is 10.1. The van der Waals surface area contributed by atoms with Crippen LogP contribution in [0.2, 0.25) is 0 Å². The number of phenolic OH excluding ortho intramolecular Hbond substituents is 1. The van der Waals surface area contributed by atoms with Gasteiger partial charge in [0, 0.05) is 12.2 Å². The Bertz CT molecular complexity index is 581. The van der Waals surface area contributed by atoms with Gasteiger partial charge in [-0.25, -0.2) is 0 Å². The number of nitrogens with zero attached hydrogens (tertiary/aromatic N) is 1. The lowest BCUT2D eigenvalue weighted by atomic mass is 10.0. The van der Waals surface area contributed by atoms with Gasteiger partial charge in [-0.2, -0.15) is 0 Å². The normalized spacial score (nSPS) is 11.9. The molecule has 0 aromatic heterocycles. The molecule has 0 bridgehead atoms. The third-order valence-corrected chi connectivity index (χ3v) is 3.36. The van der Waals surface area contributed by atoms with E-state index in [0.717, 1.165) is 11.3 Å². The summed E-state index contributed by atoms with van der Waals surface area (Å²) in [5.74, 6) is 0.106. The molecule has 110 valence electrons. The summed E-state index contributed by atoms with van der Waals surface area (Å²) in [4.78, 5) is 14.2. The number of aromatic hydroxyl groups is 1. The molecule has 0 heterocycles. The fraction of sp³-hybridized carbons (Fsp3) is 0.235. The van der Waals surface area contributed by atoms with Crippen LogP contribution in [-0.2, 0) is 11.2 Å². The number of anilines is 1. The summed E-state index contributed by atoms with van der Waals surface area (Å²) < 4.78 is 0. The van der Waals surface area contributed by atoms with Crippen molar-refractivity contribution in [1.82, 2.24) is 0 Å². The van der Waals surface area contributed by atoms with Crippen molar-refractivity contribution in [3.8, 4) is 5.75 Å². The maximum atomic E-state index is 12.5. The van der Waals surface area contributed by atoms with Crippen molar-refractivity contribution in [2.45, 2.75) is 19.4 Å². The molecule has 0 fully saturated rings. The second-order valence-electron chi connectivity index (χ2n) is 4.90. The molecule has 0 saturated carbocycles. The van der Waals surface area contributed by atoms with Gasteiger partial charge in [-0.05, 0) is 43.2 Å². The highest BCUT2D eigenvalue weighted by Gasteiger charge is 2.21. The lowest BCUT2D eigenvalue weighted by Gasteiger charge is -2.24. The fourth-order valence-electron chi connectivity index (χ4n) is 2.25. The predicted octanol–water partition coefficient (Wildman–Crippen LogP) is 2.32. The number of benzene rings is 2. The fourth-order valence-corrected chi connectivity index (χ4v) is 2.25. The number of rotatable bonds is 5. The second-order valence-corrected chi connectivity index (χ2v) is 4.90. The van der Waals surface area contributed by atoms with Crippen LogP contribution in [0.1, 0.15) is 12.5 Å². The molecule has 4 nitrogen and oxygen atoms in total. The minimum Gasteiger partial charge on any atom is -0.508 e. The first-order valence-electron chi connectivity index (χ1n) is 7.01. The third-order valence-electron chi connectivity index (χ3n) is 3.36. The molecule has 1 atom stereocenters. The van der Waals surface area contributed by atoms with Crippen molar-refractivity contribution in [1.29, 1.82) is 0 Å². The number of amides is 1. The summed E-state index contributed by atoms with van der Waals surface area (Å²) in [5, 5.41) is 9.27. The quantitative estimate of drug-likeness (QED) is 0.885. The van der Waals surface area contributed by atoms with Gasteiger partial charge < -0.3 is 15.7 Å². The summed E-state index contributed by atoms with van der Waals surface area (Å²) in [6, 6.07) is 15.7. The Morgan fingerprint density at radius 2 is 1.76 bits per heavy atom. The van der Waals surface area contributed by atoms with E-state index < -0.39 is 6.04 Å². The van der Waals surface area contributed by atoms with Crippen LogP contribution in [0.5, 0.6) is 5.75 Å². The maximum absolute atomic E-state index is 12.5. The first kappa shape index (κ1) is 15.1. The van der Waals surface area contributed by atoms with E-state index in [1.54, 1.807) is 29.2 Å². The van der Waals surface area contributed by atoms with Crippen LogP contribution in [0.15, 0.2) is 54.6 Å². The minimum atomic E-state index is -0.602. The highest BCUT2D eigenvalue weighted by Crippen LogP contribution is 2.16. The minimum absolute atomic E-state index is 0.100. The van der Waals surface area contributed by atoms with Crippen LogP contribution in [0.25, 0.3) is 0 Å². The Balaban J connectivity index is 2.08. The van der Waals surface area contributed by atoms with Gasteiger partial charge in [0.25, 0.3) is 0 Å². The average Bonchev–Trinajstić information content (AvgIpc) is 2.51.